The zero-order valence-electron chi connectivity index (χ0n) is 16.3. The van der Waals surface area contributed by atoms with E-state index in [9.17, 15) is 14.3 Å². The molecule has 0 bridgehead atoms. The molecular formula is C21H30FNO4. The number of ether oxygens (including phenoxy) is 2. The summed E-state index contributed by atoms with van der Waals surface area (Å²) >= 11 is 0. The van der Waals surface area contributed by atoms with Gasteiger partial charge in [0.15, 0.2) is 11.5 Å². The summed E-state index contributed by atoms with van der Waals surface area (Å²) in [7, 11) is 1.52. The van der Waals surface area contributed by atoms with E-state index >= 15 is 0 Å². The van der Waals surface area contributed by atoms with Gasteiger partial charge in [0.25, 0.3) is 0 Å². The van der Waals surface area contributed by atoms with E-state index in [0.717, 1.165) is 25.7 Å². The molecule has 2 aliphatic carbocycles. The summed E-state index contributed by atoms with van der Waals surface area (Å²) in [6, 6.07) is 4.37. The number of hydrogen-bond acceptors (Lipinski definition) is 4. The summed E-state index contributed by atoms with van der Waals surface area (Å²) in [5.74, 6) is 0.822. The third-order valence-electron chi connectivity index (χ3n) is 5.96. The number of rotatable bonds is 6. The second-order valence-corrected chi connectivity index (χ2v) is 8.41. The maximum absolute atomic E-state index is 13.4. The largest absolute Gasteiger partial charge is 0.493 e. The van der Waals surface area contributed by atoms with Crippen molar-refractivity contribution in [2.24, 2.45) is 11.8 Å². The topological polar surface area (TPSA) is 67.8 Å². The standard InChI is InChI=1S/C21H30FNO4/c1-21(2,25)14-4-7-16(8-5-14)23-20(24)13-10-17(11-13)27-19-12-15(22)6-9-18(19)26-3/h6,9,12-14,16-17,25H,4-5,7-8,10-11H2,1-3H3,(H,23,24)/t13-,14-,16-,17-. The van der Waals surface area contributed by atoms with Crippen LogP contribution in [-0.4, -0.2) is 35.9 Å². The predicted molar refractivity (Wildman–Crippen MR) is 100 cm³/mol. The first-order chi connectivity index (χ1) is 12.8. The molecule has 0 aromatic heterocycles. The number of carbonyl (C=O) groups excluding carboxylic acids is 1. The fourth-order valence-corrected chi connectivity index (χ4v) is 4.06. The van der Waals surface area contributed by atoms with Crippen LogP contribution in [0, 0.1) is 17.7 Å². The lowest BCUT2D eigenvalue weighted by Crippen LogP contribution is -2.48. The summed E-state index contributed by atoms with van der Waals surface area (Å²) in [4.78, 5) is 12.4. The molecule has 0 heterocycles. The monoisotopic (exact) mass is 379 g/mol. The molecule has 0 spiro atoms. The molecule has 0 atom stereocenters. The van der Waals surface area contributed by atoms with Gasteiger partial charge in [0.1, 0.15) is 11.9 Å². The molecule has 2 N–H and O–H groups in total. The minimum atomic E-state index is -0.647. The molecule has 5 nitrogen and oxygen atoms in total. The Labute approximate surface area is 160 Å². The molecular weight excluding hydrogens is 349 g/mol. The van der Waals surface area contributed by atoms with Crippen LogP contribution in [-0.2, 0) is 4.79 Å². The third kappa shape index (κ3) is 4.92. The first-order valence-electron chi connectivity index (χ1n) is 9.79. The molecule has 1 aromatic carbocycles. The van der Waals surface area contributed by atoms with Crippen LogP contribution in [0.25, 0.3) is 0 Å². The van der Waals surface area contributed by atoms with Crippen molar-refractivity contribution >= 4 is 5.91 Å². The minimum Gasteiger partial charge on any atom is -0.493 e. The van der Waals surface area contributed by atoms with E-state index in [-0.39, 0.29) is 29.8 Å². The molecule has 3 rings (SSSR count). The molecule has 1 amide bonds. The highest BCUT2D eigenvalue weighted by Crippen LogP contribution is 2.37. The Kier molecular flexibility index (Phi) is 5.94. The normalized spacial score (nSPS) is 28.2. The highest BCUT2D eigenvalue weighted by molar-refractivity contribution is 5.80. The van der Waals surface area contributed by atoms with Crippen LogP contribution in [0.5, 0.6) is 11.5 Å². The van der Waals surface area contributed by atoms with Gasteiger partial charge >= 0.3 is 0 Å². The fourth-order valence-electron chi connectivity index (χ4n) is 4.06. The summed E-state index contributed by atoms with van der Waals surface area (Å²) in [5.41, 5.74) is -0.647. The Morgan fingerprint density at radius 3 is 2.44 bits per heavy atom. The van der Waals surface area contributed by atoms with Gasteiger partial charge in [-0.3, -0.25) is 4.79 Å². The van der Waals surface area contributed by atoms with Gasteiger partial charge in [-0.1, -0.05) is 0 Å². The average molecular weight is 379 g/mol. The Morgan fingerprint density at radius 2 is 1.85 bits per heavy atom. The van der Waals surface area contributed by atoms with Gasteiger partial charge in [-0.05, 0) is 70.4 Å². The van der Waals surface area contributed by atoms with E-state index < -0.39 is 5.60 Å². The van der Waals surface area contributed by atoms with Crippen LogP contribution in [0.4, 0.5) is 4.39 Å². The van der Waals surface area contributed by atoms with Crippen LogP contribution in [0.3, 0.4) is 0 Å². The fraction of sp³-hybridized carbons (Fsp3) is 0.667. The van der Waals surface area contributed by atoms with Crippen molar-refractivity contribution in [3.05, 3.63) is 24.0 Å². The molecule has 6 heteroatoms. The maximum atomic E-state index is 13.4. The van der Waals surface area contributed by atoms with Gasteiger partial charge in [-0.25, -0.2) is 4.39 Å². The summed E-state index contributed by atoms with van der Waals surface area (Å²) in [5, 5.41) is 13.3. The summed E-state index contributed by atoms with van der Waals surface area (Å²) < 4.78 is 24.4. The molecule has 0 unspecified atom stereocenters. The van der Waals surface area contributed by atoms with E-state index in [1.54, 1.807) is 0 Å². The van der Waals surface area contributed by atoms with Gasteiger partial charge in [0.05, 0.1) is 12.7 Å². The lowest BCUT2D eigenvalue weighted by molar-refractivity contribution is -0.131. The molecule has 27 heavy (non-hydrogen) atoms. The number of nitrogens with one attached hydrogen (secondary N) is 1. The van der Waals surface area contributed by atoms with Gasteiger partial charge in [-0.2, -0.15) is 0 Å². The van der Waals surface area contributed by atoms with Crippen LogP contribution < -0.4 is 14.8 Å². The summed E-state index contributed by atoms with van der Waals surface area (Å²) in [6.07, 6.45) is 4.85. The van der Waals surface area contributed by atoms with Crippen LogP contribution >= 0.6 is 0 Å². The molecule has 0 saturated heterocycles. The number of hydrogen-bond donors (Lipinski definition) is 2. The maximum Gasteiger partial charge on any atom is 0.223 e. The smallest absolute Gasteiger partial charge is 0.223 e. The average Bonchev–Trinajstić information content (AvgIpc) is 2.57. The number of methoxy groups -OCH3 is 1. The highest BCUT2D eigenvalue weighted by atomic mass is 19.1. The zero-order chi connectivity index (χ0) is 19.6. The van der Waals surface area contributed by atoms with Gasteiger partial charge in [0.2, 0.25) is 5.91 Å². The Bertz CT molecular complexity index is 659. The second-order valence-electron chi connectivity index (χ2n) is 8.41. The van der Waals surface area contributed by atoms with E-state index in [2.05, 4.69) is 5.32 Å². The zero-order valence-corrected chi connectivity index (χ0v) is 16.3. The Hall–Kier alpha value is -1.82. The highest BCUT2D eigenvalue weighted by Gasteiger charge is 2.38. The molecule has 2 aliphatic rings. The molecule has 0 aliphatic heterocycles. The second kappa shape index (κ2) is 8.05. The molecule has 2 fully saturated rings. The van der Waals surface area contributed by atoms with Gasteiger partial charge < -0.3 is 19.9 Å². The van der Waals surface area contributed by atoms with Crippen LogP contribution in [0.15, 0.2) is 18.2 Å². The lowest BCUT2D eigenvalue weighted by Gasteiger charge is -2.38. The Morgan fingerprint density at radius 1 is 1.19 bits per heavy atom. The number of amides is 1. The van der Waals surface area contributed by atoms with Crippen molar-refractivity contribution in [1.82, 2.24) is 5.32 Å². The number of carbonyl (C=O) groups is 1. The van der Waals surface area contributed by atoms with Crippen LogP contribution in [0.2, 0.25) is 0 Å². The van der Waals surface area contributed by atoms with Crippen molar-refractivity contribution < 1.29 is 23.8 Å². The van der Waals surface area contributed by atoms with E-state index in [0.29, 0.717) is 30.3 Å². The molecule has 0 radical (unpaired) electrons. The van der Waals surface area contributed by atoms with Crippen molar-refractivity contribution in [2.45, 2.75) is 70.1 Å². The van der Waals surface area contributed by atoms with E-state index in [1.165, 1.54) is 25.3 Å². The van der Waals surface area contributed by atoms with Crippen molar-refractivity contribution in [1.29, 1.82) is 0 Å². The van der Waals surface area contributed by atoms with Crippen LogP contribution in [0.1, 0.15) is 52.4 Å². The molecule has 150 valence electrons. The third-order valence-corrected chi connectivity index (χ3v) is 5.96. The van der Waals surface area contributed by atoms with E-state index in [4.69, 9.17) is 9.47 Å². The lowest BCUT2D eigenvalue weighted by atomic mass is 9.76. The predicted octanol–water partition coefficient (Wildman–Crippen LogP) is 3.44. The molecule has 1 aromatic rings. The van der Waals surface area contributed by atoms with Gasteiger partial charge in [0, 0.05) is 18.0 Å². The first kappa shape index (κ1) is 19.9. The van der Waals surface area contributed by atoms with E-state index in [1.807, 2.05) is 13.8 Å². The number of halogens is 1. The number of benzene rings is 1. The van der Waals surface area contributed by atoms with Crippen molar-refractivity contribution in [3.8, 4) is 11.5 Å². The molecule has 2 saturated carbocycles. The van der Waals surface area contributed by atoms with Crippen molar-refractivity contribution in [3.63, 3.8) is 0 Å². The summed E-state index contributed by atoms with van der Waals surface area (Å²) in [6.45, 7) is 3.72. The minimum absolute atomic E-state index is 0.0541. The first-order valence-corrected chi connectivity index (χ1v) is 9.79. The van der Waals surface area contributed by atoms with Gasteiger partial charge in [-0.15, -0.1) is 0 Å². The van der Waals surface area contributed by atoms with Crippen molar-refractivity contribution in [2.75, 3.05) is 7.11 Å². The Balaban J connectivity index is 1.42. The quantitative estimate of drug-likeness (QED) is 0.795. The SMILES string of the molecule is COc1ccc(F)cc1O[C@H]1C[C@H](C(=O)N[C@H]2CC[C@H](C(C)(C)O)CC2)C1. The number of aliphatic hydroxyl groups is 1.